The van der Waals surface area contributed by atoms with E-state index in [-0.39, 0.29) is 18.3 Å². The first-order valence-electron chi connectivity index (χ1n) is 13.5. The predicted molar refractivity (Wildman–Crippen MR) is 142 cm³/mol. The summed E-state index contributed by atoms with van der Waals surface area (Å²) in [6.45, 7) is 5.65. The fourth-order valence-electron chi connectivity index (χ4n) is 6.05. The van der Waals surface area contributed by atoms with Gasteiger partial charge in [-0.25, -0.2) is 14.4 Å². The molecule has 1 N–H and O–H groups in total. The van der Waals surface area contributed by atoms with Crippen molar-refractivity contribution in [2.75, 3.05) is 37.8 Å². The smallest absolute Gasteiger partial charge is 0.228 e. The number of rotatable bonds is 5. The van der Waals surface area contributed by atoms with Crippen molar-refractivity contribution in [1.82, 2.24) is 19.5 Å². The molecule has 3 aliphatic rings. The highest BCUT2D eigenvalue weighted by molar-refractivity contribution is 5.90. The molecule has 0 saturated carbocycles. The summed E-state index contributed by atoms with van der Waals surface area (Å²) in [5.41, 5.74) is 4.01. The first kappa shape index (κ1) is 24.4. The average Bonchev–Trinajstić information content (AvgIpc) is 3.33. The van der Waals surface area contributed by atoms with Gasteiger partial charge in [0.05, 0.1) is 12.0 Å². The molecule has 6 rings (SSSR count). The molecule has 0 aliphatic carbocycles. The maximum Gasteiger partial charge on any atom is 0.228 e. The van der Waals surface area contributed by atoms with Crippen molar-refractivity contribution in [3.05, 3.63) is 29.8 Å². The van der Waals surface area contributed by atoms with Crippen LogP contribution in [0.3, 0.4) is 0 Å². The molecular weight excluding hydrogens is 471 g/mol. The highest BCUT2D eigenvalue weighted by Gasteiger charge is 2.31. The number of halogens is 1. The molecule has 196 valence electrons. The largest absolute Gasteiger partial charge is 0.396 e. The molecular formula is C28H35FN6O2. The molecule has 3 aromatic rings. The van der Waals surface area contributed by atoms with Gasteiger partial charge in [-0.2, -0.15) is 4.98 Å². The molecule has 0 radical (unpaired) electrons. The van der Waals surface area contributed by atoms with E-state index in [1.165, 1.54) is 0 Å². The number of aliphatic hydroxyl groups is 1. The minimum atomic E-state index is -0.241. The average molecular weight is 507 g/mol. The Balaban J connectivity index is 1.33. The Morgan fingerprint density at radius 3 is 2.78 bits per heavy atom. The van der Waals surface area contributed by atoms with Crippen LogP contribution in [0.2, 0.25) is 0 Å². The second-order valence-corrected chi connectivity index (χ2v) is 11.0. The predicted octanol–water partition coefficient (Wildman–Crippen LogP) is 4.32. The van der Waals surface area contributed by atoms with E-state index in [1.54, 1.807) is 12.4 Å². The lowest BCUT2D eigenvalue weighted by Gasteiger charge is -2.33. The minimum Gasteiger partial charge on any atom is -0.396 e. The lowest BCUT2D eigenvalue weighted by Crippen LogP contribution is -2.36. The molecule has 8 nitrogen and oxygen atoms in total. The molecule has 3 atom stereocenters. The molecule has 3 aliphatic heterocycles. The summed E-state index contributed by atoms with van der Waals surface area (Å²) in [5, 5.41) is 9.51. The number of fused-ring (bicyclic) bond motifs is 2. The van der Waals surface area contributed by atoms with Crippen LogP contribution in [-0.2, 0) is 18.2 Å². The van der Waals surface area contributed by atoms with Crippen LogP contribution in [0.15, 0.2) is 23.5 Å². The Bertz CT molecular complexity index is 1310. The van der Waals surface area contributed by atoms with Gasteiger partial charge in [0, 0.05) is 63.2 Å². The third-order valence-corrected chi connectivity index (χ3v) is 8.61. The number of benzene rings is 1. The fraction of sp³-hybridized carbons (Fsp3) is 0.571. The Morgan fingerprint density at radius 2 is 2.03 bits per heavy atom. The lowest BCUT2D eigenvalue weighted by atomic mass is 9.77. The number of aromatic nitrogens is 4. The van der Waals surface area contributed by atoms with E-state index in [0.29, 0.717) is 58.1 Å². The highest BCUT2D eigenvalue weighted by Crippen LogP contribution is 2.39. The van der Waals surface area contributed by atoms with Gasteiger partial charge >= 0.3 is 0 Å². The Labute approximate surface area is 216 Å². The van der Waals surface area contributed by atoms with E-state index in [9.17, 15) is 5.11 Å². The number of nitrogens with zero attached hydrogens (tertiary/aromatic N) is 6. The van der Waals surface area contributed by atoms with Gasteiger partial charge in [0.25, 0.3) is 0 Å². The van der Waals surface area contributed by atoms with E-state index in [1.807, 2.05) is 23.9 Å². The number of anilines is 1. The van der Waals surface area contributed by atoms with E-state index >= 15 is 4.39 Å². The molecule has 0 bridgehead atoms. The number of aryl methyl sites for hydroxylation is 1. The number of aliphatic imine (C=N–C) groups is 1. The van der Waals surface area contributed by atoms with Crippen molar-refractivity contribution in [2.45, 2.75) is 39.0 Å². The Hall–Kier alpha value is -2.91. The summed E-state index contributed by atoms with van der Waals surface area (Å²) in [4.78, 5) is 21.1. The van der Waals surface area contributed by atoms with Crippen LogP contribution in [0, 0.1) is 29.5 Å². The summed E-state index contributed by atoms with van der Waals surface area (Å²) >= 11 is 0. The Kier molecular flexibility index (Phi) is 6.67. The van der Waals surface area contributed by atoms with Crippen LogP contribution in [0.1, 0.15) is 38.2 Å². The number of hydrogen-bond acceptors (Lipinski definition) is 7. The van der Waals surface area contributed by atoms with E-state index in [0.717, 1.165) is 57.6 Å². The summed E-state index contributed by atoms with van der Waals surface area (Å²) < 4.78 is 23.2. The minimum absolute atomic E-state index is 0.203. The number of aliphatic hydroxyl groups excluding tert-OH is 1. The third-order valence-electron chi connectivity index (χ3n) is 8.61. The van der Waals surface area contributed by atoms with Gasteiger partial charge in [-0.1, -0.05) is 6.92 Å². The quantitative estimate of drug-likeness (QED) is 0.555. The van der Waals surface area contributed by atoms with Crippen LogP contribution in [-0.4, -0.2) is 63.8 Å². The monoisotopic (exact) mass is 506 g/mol. The summed E-state index contributed by atoms with van der Waals surface area (Å²) in [6, 6.07) is 3.53. The van der Waals surface area contributed by atoms with Gasteiger partial charge in [0.15, 0.2) is 5.65 Å². The van der Waals surface area contributed by atoms with Crippen LogP contribution in [0.4, 0.5) is 16.0 Å². The molecule has 0 amide bonds. The summed E-state index contributed by atoms with van der Waals surface area (Å²) in [5.74, 6) is 1.79. The van der Waals surface area contributed by atoms with Gasteiger partial charge < -0.3 is 19.3 Å². The van der Waals surface area contributed by atoms with Crippen LogP contribution in [0.5, 0.6) is 0 Å². The SMILES string of the molecule is CC(C1C=Nc2cc(-c3nc(N4CCC(CO)CC4)nc4c3ncn4C)cc(F)c2C1)C1CCCOC1. The first-order chi connectivity index (χ1) is 18.0. The number of piperidine rings is 1. The first-order valence-corrected chi connectivity index (χ1v) is 13.5. The number of hydrogen-bond donors (Lipinski definition) is 1. The standard InChI is InChI=1S/C28H35FN6O2/c1-17(19-4-3-9-37-15-19)21-10-22-23(29)11-20(12-24(22)30-13-21)25-26-27(34(2)16-31-26)33-28(32-25)35-7-5-18(14-36)6-8-35/h11-13,16-19,21,36H,3-10,14-15H2,1-2H3. The van der Waals surface area contributed by atoms with Crippen LogP contribution >= 0.6 is 0 Å². The molecule has 2 fully saturated rings. The molecule has 0 spiro atoms. The number of ether oxygens (including phenoxy) is 1. The summed E-state index contributed by atoms with van der Waals surface area (Å²) in [7, 11) is 1.91. The lowest BCUT2D eigenvalue weighted by molar-refractivity contribution is 0.0276. The van der Waals surface area contributed by atoms with Crippen molar-refractivity contribution in [3.63, 3.8) is 0 Å². The van der Waals surface area contributed by atoms with Crippen LogP contribution in [0.25, 0.3) is 22.4 Å². The third kappa shape index (κ3) is 4.63. The molecule has 5 heterocycles. The van der Waals surface area contributed by atoms with E-state index in [4.69, 9.17) is 19.7 Å². The number of imidazole rings is 1. The van der Waals surface area contributed by atoms with Crippen molar-refractivity contribution in [1.29, 1.82) is 0 Å². The zero-order valence-electron chi connectivity index (χ0n) is 21.6. The molecule has 2 saturated heterocycles. The van der Waals surface area contributed by atoms with E-state index in [2.05, 4.69) is 16.8 Å². The Morgan fingerprint density at radius 1 is 1.19 bits per heavy atom. The highest BCUT2D eigenvalue weighted by atomic mass is 19.1. The van der Waals surface area contributed by atoms with Gasteiger partial charge in [0.2, 0.25) is 5.95 Å². The maximum atomic E-state index is 15.6. The van der Waals surface area contributed by atoms with Gasteiger partial charge in [-0.15, -0.1) is 0 Å². The molecule has 37 heavy (non-hydrogen) atoms. The normalized spacial score (nSPS) is 23.4. The van der Waals surface area contributed by atoms with Crippen molar-refractivity contribution >= 4 is 29.0 Å². The molecule has 1 aromatic carbocycles. The van der Waals surface area contributed by atoms with Gasteiger partial charge in [0.1, 0.15) is 17.0 Å². The zero-order valence-corrected chi connectivity index (χ0v) is 21.6. The molecule has 9 heteroatoms. The topological polar surface area (TPSA) is 88.7 Å². The molecule has 2 aromatic heterocycles. The van der Waals surface area contributed by atoms with Crippen LogP contribution < -0.4 is 4.90 Å². The van der Waals surface area contributed by atoms with Crippen molar-refractivity contribution < 1.29 is 14.2 Å². The van der Waals surface area contributed by atoms with Gasteiger partial charge in [-0.05, 0) is 62.0 Å². The summed E-state index contributed by atoms with van der Waals surface area (Å²) in [6.07, 6.45) is 8.43. The molecule has 3 unspecified atom stereocenters. The zero-order chi connectivity index (χ0) is 25.5. The van der Waals surface area contributed by atoms with E-state index < -0.39 is 0 Å². The van der Waals surface area contributed by atoms with Crippen molar-refractivity contribution in [2.24, 2.45) is 35.7 Å². The second kappa shape index (κ2) is 10.1. The maximum absolute atomic E-state index is 15.6. The second-order valence-electron chi connectivity index (χ2n) is 11.0. The van der Waals surface area contributed by atoms with Crippen molar-refractivity contribution in [3.8, 4) is 11.3 Å². The fourth-order valence-corrected chi connectivity index (χ4v) is 6.05. The van der Waals surface area contributed by atoms with Gasteiger partial charge in [-0.3, -0.25) is 4.99 Å².